The molecule has 0 aromatic heterocycles. The molecule has 0 aliphatic carbocycles. The Bertz CT molecular complexity index is 215. The van der Waals surface area contributed by atoms with Gasteiger partial charge in [-0.1, -0.05) is 20.8 Å². The number of hydrogen-bond acceptors (Lipinski definition) is 2. The Hall–Kier alpha value is -0.520. The molecule has 0 aliphatic heterocycles. The summed E-state index contributed by atoms with van der Waals surface area (Å²) in [5.41, 5.74) is 0. The molecule has 1 N–H and O–H groups in total. The molecule has 2 nitrogen and oxygen atoms in total. The smallest absolute Gasteiger partial charge is 0.0750 e. The minimum atomic E-state index is 0.295. The van der Waals surface area contributed by atoms with Crippen LogP contribution in [-0.2, 0) is 4.74 Å². The Kier molecular flexibility index (Phi) is 9.37. The van der Waals surface area contributed by atoms with E-state index in [1.807, 2.05) is 6.92 Å². The van der Waals surface area contributed by atoms with Crippen LogP contribution in [0.4, 0.5) is 0 Å². The monoisotopic (exact) mass is 225 g/mol. The van der Waals surface area contributed by atoms with Gasteiger partial charge in [0, 0.05) is 19.1 Å². The molecule has 0 radical (unpaired) electrons. The molecule has 0 amide bonds. The fourth-order valence-electron chi connectivity index (χ4n) is 1.96. The summed E-state index contributed by atoms with van der Waals surface area (Å²) in [4.78, 5) is 0. The van der Waals surface area contributed by atoms with Gasteiger partial charge in [-0.3, -0.25) is 0 Å². The summed E-state index contributed by atoms with van der Waals surface area (Å²) in [5, 5.41) is 3.51. The molecule has 94 valence electrons. The Morgan fingerprint density at radius 2 is 1.94 bits per heavy atom. The van der Waals surface area contributed by atoms with E-state index in [0.717, 1.165) is 26.0 Å². The van der Waals surface area contributed by atoms with E-state index >= 15 is 0 Å². The molecule has 0 saturated heterocycles. The van der Waals surface area contributed by atoms with Crippen molar-refractivity contribution in [3.8, 4) is 11.8 Å². The topological polar surface area (TPSA) is 21.3 Å². The summed E-state index contributed by atoms with van der Waals surface area (Å²) in [6.07, 6.45) is 2.31. The standard InChI is InChI=1S/C14H27NO/c1-6-9-10-11-13(15-7-2)14(12(4)5)16-8-3/h12-15H,7-8,10-11H2,1-5H3. The molecule has 0 fully saturated rings. The molecular weight excluding hydrogens is 198 g/mol. The lowest BCUT2D eigenvalue weighted by molar-refractivity contribution is 0.00221. The first-order chi connectivity index (χ1) is 7.67. The van der Waals surface area contributed by atoms with Crippen LogP contribution < -0.4 is 5.32 Å². The van der Waals surface area contributed by atoms with E-state index in [4.69, 9.17) is 4.74 Å². The van der Waals surface area contributed by atoms with Gasteiger partial charge in [-0.2, -0.15) is 0 Å². The molecule has 0 rings (SSSR count). The second-order valence-electron chi connectivity index (χ2n) is 4.29. The van der Waals surface area contributed by atoms with Gasteiger partial charge in [0.15, 0.2) is 0 Å². The third kappa shape index (κ3) is 6.15. The SMILES string of the molecule is CC#CCCC(NCC)C(OCC)C(C)C. The minimum absolute atomic E-state index is 0.295. The van der Waals surface area contributed by atoms with Crippen molar-refractivity contribution in [2.45, 2.75) is 59.6 Å². The number of hydrogen-bond donors (Lipinski definition) is 1. The fraction of sp³-hybridized carbons (Fsp3) is 0.857. The molecule has 0 aliphatic rings. The van der Waals surface area contributed by atoms with Crippen LogP contribution in [0.2, 0.25) is 0 Å². The fourth-order valence-corrected chi connectivity index (χ4v) is 1.96. The highest BCUT2D eigenvalue weighted by Gasteiger charge is 2.23. The van der Waals surface area contributed by atoms with E-state index in [1.54, 1.807) is 0 Å². The van der Waals surface area contributed by atoms with Crippen molar-refractivity contribution in [2.24, 2.45) is 5.92 Å². The maximum atomic E-state index is 5.84. The molecule has 2 unspecified atom stereocenters. The summed E-state index contributed by atoms with van der Waals surface area (Å²) in [6.45, 7) is 12.3. The van der Waals surface area contributed by atoms with Crippen molar-refractivity contribution in [2.75, 3.05) is 13.2 Å². The number of rotatable bonds is 8. The van der Waals surface area contributed by atoms with E-state index < -0.39 is 0 Å². The van der Waals surface area contributed by atoms with E-state index in [2.05, 4.69) is 44.9 Å². The van der Waals surface area contributed by atoms with Gasteiger partial charge in [0.1, 0.15) is 0 Å². The van der Waals surface area contributed by atoms with E-state index in [9.17, 15) is 0 Å². The first-order valence-corrected chi connectivity index (χ1v) is 6.41. The first kappa shape index (κ1) is 15.5. The van der Waals surface area contributed by atoms with Gasteiger partial charge in [-0.15, -0.1) is 11.8 Å². The van der Waals surface area contributed by atoms with Gasteiger partial charge >= 0.3 is 0 Å². The molecule has 0 bridgehead atoms. The van der Waals surface area contributed by atoms with Crippen LogP contribution in [0.1, 0.15) is 47.5 Å². The van der Waals surface area contributed by atoms with Crippen LogP contribution in [-0.4, -0.2) is 25.3 Å². The van der Waals surface area contributed by atoms with E-state index in [-0.39, 0.29) is 0 Å². The normalized spacial score (nSPS) is 14.4. The molecule has 0 aromatic carbocycles. The van der Waals surface area contributed by atoms with Crippen LogP contribution in [0.25, 0.3) is 0 Å². The van der Waals surface area contributed by atoms with Crippen LogP contribution in [0.15, 0.2) is 0 Å². The maximum absolute atomic E-state index is 5.84. The zero-order chi connectivity index (χ0) is 12.4. The van der Waals surface area contributed by atoms with E-state index in [0.29, 0.717) is 18.1 Å². The van der Waals surface area contributed by atoms with Gasteiger partial charge in [-0.05, 0) is 32.7 Å². The van der Waals surface area contributed by atoms with Gasteiger partial charge in [0.05, 0.1) is 6.10 Å². The van der Waals surface area contributed by atoms with Crippen molar-refractivity contribution in [1.29, 1.82) is 0 Å². The molecule has 0 aromatic rings. The molecule has 2 heteroatoms. The lowest BCUT2D eigenvalue weighted by Gasteiger charge is -2.30. The molecule has 16 heavy (non-hydrogen) atoms. The molecule has 0 saturated carbocycles. The van der Waals surface area contributed by atoms with Crippen LogP contribution in [0.3, 0.4) is 0 Å². The van der Waals surface area contributed by atoms with E-state index in [1.165, 1.54) is 0 Å². The predicted octanol–water partition coefficient (Wildman–Crippen LogP) is 2.83. The average Bonchev–Trinajstić information content (AvgIpc) is 2.25. The molecule has 2 atom stereocenters. The molecule has 0 spiro atoms. The van der Waals surface area contributed by atoms with Crippen LogP contribution in [0, 0.1) is 17.8 Å². The lowest BCUT2D eigenvalue weighted by Crippen LogP contribution is -2.44. The second kappa shape index (κ2) is 9.69. The Labute approximate surface area is 101 Å². The molecular formula is C14H27NO. The third-order valence-electron chi connectivity index (χ3n) is 2.64. The Morgan fingerprint density at radius 3 is 2.38 bits per heavy atom. The van der Waals surface area contributed by atoms with Crippen molar-refractivity contribution in [3.63, 3.8) is 0 Å². The summed E-state index contributed by atoms with van der Waals surface area (Å²) in [7, 11) is 0. The number of nitrogens with one attached hydrogen (secondary N) is 1. The van der Waals surface area contributed by atoms with Crippen molar-refractivity contribution in [3.05, 3.63) is 0 Å². The highest BCUT2D eigenvalue weighted by molar-refractivity contribution is 4.96. The lowest BCUT2D eigenvalue weighted by atomic mass is 9.95. The summed E-state index contributed by atoms with van der Waals surface area (Å²) >= 11 is 0. The highest BCUT2D eigenvalue weighted by atomic mass is 16.5. The largest absolute Gasteiger partial charge is 0.377 e. The number of ether oxygens (including phenoxy) is 1. The van der Waals surface area contributed by atoms with Gasteiger partial charge in [0.2, 0.25) is 0 Å². The summed E-state index contributed by atoms with van der Waals surface area (Å²) < 4.78 is 5.84. The highest BCUT2D eigenvalue weighted by Crippen LogP contribution is 2.15. The minimum Gasteiger partial charge on any atom is -0.377 e. The predicted molar refractivity (Wildman–Crippen MR) is 70.4 cm³/mol. The number of likely N-dealkylation sites (N-methyl/N-ethyl adjacent to an activating group) is 1. The van der Waals surface area contributed by atoms with Crippen molar-refractivity contribution < 1.29 is 4.74 Å². The zero-order valence-corrected chi connectivity index (χ0v) is 11.5. The quantitative estimate of drug-likeness (QED) is 0.641. The van der Waals surface area contributed by atoms with Crippen molar-refractivity contribution >= 4 is 0 Å². The zero-order valence-electron chi connectivity index (χ0n) is 11.5. The van der Waals surface area contributed by atoms with Gasteiger partial charge in [0.25, 0.3) is 0 Å². The van der Waals surface area contributed by atoms with Gasteiger partial charge < -0.3 is 10.1 Å². The maximum Gasteiger partial charge on any atom is 0.0750 e. The third-order valence-corrected chi connectivity index (χ3v) is 2.64. The van der Waals surface area contributed by atoms with Crippen molar-refractivity contribution in [1.82, 2.24) is 5.32 Å². The summed E-state index contributed by atoms with van der Waals surface area (Å²) in [5.74, 6) is 6.61. The first-order valence-electron chi connectivity index (χ1n) is 6.41. The van der Waals surface area contributed by atoms with Gasteiger partial charge in [-0.25, -0.2) is 0 Å². The molecule has 0 heterocycles. The Balaban J connectivity index is 4.34. The second-order valence-corrected chi connectivity index (χ2v) is 4.29. The van der Waals surface area contributed by atoms with Crippen LogP contribution in [0.5, 0.6) is 0 Å². The van der Waals surface area contributed by atoms with Crippen LogP contribution >= 0.6 is 0 Å². The Morgan fingerprint density at radius 1 is 1.25 bits per heavy atom. The average molecular weight is 225 g/mol. The summed E-state index contributed by atoms with van der Waals surface area (Å²) in [6, 6.07) is 0.422.